The second-order valence-electron chi connectivity index (χ2n) is 4.42. The number of rotatable bonds is 2. The van der Waals surface area contributed by atoms with E-state index in [-0.39, 0.29) is 0 Å². The molecule has 0 spiro atoms. The Morgan fingerprint density at radius 3 is 2.32 bits per heavy atom. The summed E-state index contributed by atoms with van der Waals surface area (Å²) < 4.78 is 0. The summed E-state index contributed by atoms with van der Waals surface area (Å²) in [5.74, 6) is 1.15. The summed E-state index contributed by atoms with van der Waals surface area (Å²) in [6.45, 7) is 1.04. The minimum atomic E-state index is 1.02. The van der Waals surface area contributed by atoms with Crippen molar-refractivity contribution in [3.63, 3.8) is 0 Å². The van der Waals surface area contributed by atoms with Gasteiger partial charge < -0.3 is 4.90 Å². The maximum atomic E-state index is 4.78. The van der Waals surface area contributed by atoms with Crippen LogP contribution >= 0.6 is 11.8 Å². The van der Waals surface area contributed by atoms with Crippen molar-refractivity contribution in [1.82, 2.24) is 0 Å². The second-order valence-corrected chi connectivity index (χ2v) is 5.48. The van der Waals surface area contributed by atoms with Gasteiger partial charge in [0.25, 0.3) is 0 Å². The highest BCUT2D eigenvalue weighted by Crippen LogP contribution is 2.26. The van der Waals surface area contributed by atoms with Gasteiger partial charge >= 0.3 is 0 Å². The number of para-hydroxylation sites is 2. The van der Waals surface area contributed by atoms with Crippen LogP contribution in [0.3, 0.4) is 0 Å². The van der Waals surface area contributed by atoms with Crippen LogP contribution in [0.2, 0.25) is 0 Å². The van der Waals surface area contributed by atoms with E-state index in [0.717, 1.165) is 23.2 Å². The van der Waals surface area contributed by atoms with Crippen molar-refractivity contribution in [2.45, 2.75) is 6.42 Å². The van der Waals surface area contributed by atoms with Crippen LogP contribution < -0.4 is 4.90 Å². The van der Waals surface area contributed by atoms with Gasteiger partial charge in [0.15, 0.2) is 5.17 Å². The molecule has 19 heavy (non-hydrogen) atoms. The fourth-order valence-corrected chi connectivity index (χ4v) is 3.09. The van der Waals surface area contributed by atoms with Crippen molar-refractivity contribution in [3.8, 4) is 0 Å². The molecule has 0 amide bonds. The van der Waals surface area contributed by atoms with Crippen molar-refractivity contribution < 1.29 is 0 Å². The van der Waals surface area contributed by atoms with Crippen molar-refractivity contribution in [1.29, 1.82) is 0 Å². The first kappa shape index (κ1) is 12.3. The molecule has 1 heterocycles. The Morgan fingerprint density at radius 1 is 0.895 bits per heavy atom. The number of benzene rings is 2. The zero-order valence-corrected chi connectivity index (χ0v) is 11.5. The number of aliphatic imine (C=N–C) groups is 1. The highest BCUT2D eigenvalue weighted by molar-refractivity contribution is 8.14. The summed E-state index contributed by atoms with van der Waals surface area (Å²) >= 11 is 1.84. The predicted octanol–water partition coefficient (Wildman–Crippen LogP) is 4.32. The number of thioether (sulfide) groups is 1. The molecule has 0 aliphatic carbocycles. The predicted molar refractivity (Wildman–Crippen MR) is 84.4 cm³/mol. The summed E-state index contributed by atoms with van der Waals surface area (Å²) in [5.41, 5.74) is 2.25. The smallest absolute Gasteiger partial charge is 0.168 e. The van der Waals surface area contributed by atoms with Gasteiger partial charge in [-0.15, -0.1) is 0 Å². The summed E-state index contributed by atoms with van der Waals surface area (Å²) in [7, 11) is 0. The van der Waals surface area contributed by atoms with Crippen molar-refractivity contribution in [2.24, 2.45) is 4.99 Å². The molecule has 0 N–H and O–H groups in total. The molecule has 3 heteroatoms. The van der Waals surface area contributed by atoms with Crippen LogP contribution in [-0.4, -0.2) is 17.5 Å². The molecular weight excluding hydrogens is 252 g/mol. The molecule has 1 fully saturated rings. The van der Waals surface area contributed by atoms with Gasteiger partial charge in [0, 0.05) is 18.0 Å². The number of hydrogen-bond donors (Lipinski definition) is 0. The van der Waals surface area contributed by atoms with Crippen molar-refractivity contribution in [2.75, 3.05) is 17.2 Å². The van der Waals surface area contributed by atoms with E-state index in [1.165, 1.54) is 12.1 Å². The summed E-state index contributed by atoms with van der Waals surface area (Å²) in [6.07, 6.45) is 1.20. The molecule has 3 rings (SSSR count). The number of nitrogens with zero attached hydrogens (tertiary/aromatic N) is 2. The lowest BCUT2D eigenvalue weighted by atomic mass is 10.3. The molecule has 1 aliphatic heterocycles. The van der Waals surface area contributed by atoms with E-state index in [1.54, 1.807) is 0 Å². The third-order valence-electron chi connectivity index (χ3n) is 3.04. The molecule has 2 aromatic carbocycles. The Bertz CT molecular complexity index is 551. The Kier molecular flexibility index (Phi) is 3.84. The van der Waals surface area contributed by atoms with E-state index < -0.39 is 0 Å². The Balaban J connectivity index is 1.92. The van der Waals surface area contributed by atoms with E-state index in [0.29, 0.717) is 0 Å². The SMILES string of the molecule is c1ccc(/N=C2\SCCCN2c2ccccc2)cc1. The quantitative estimate of drug-likeness (QED) is 0.806. The van der Waals surface area contributed by atoms with Gasteiger partial charge in [-0.1, -0.05) is 48.2 Å². The molecule has 0 atom stereocenters. The van der Waals surface area contributed by atoms with E-state index in [2.05, 4.69) is 35.2 Å². The van der Waals surface area contributed by atoms with E-state index in [9.17, 15) is 0 Å². The topological polar surface area (TPSA) is 15.6 Å². The Labute approximate surface area is 118 Å². The van der Waals surface area contributed by atoms with Gasteiger partial charge in [-0.25, -0.2) is 4.99 Å². The molecular formula is C16H16N2S. The molecule has 0 bridgehead atoms. The summed E-state index contributed by atoms with van der Waals surface area (Å²) in [4.78, 5) is 7.09. The molecule has 96 valence electrons. The Hall–Kier alpha value is -1.74. The standard InChI is InChI=1S/C16H16N2S/c1-3-8-14(9-4-1)17-16-18(12-7-13-19-16)15-10-5-2-6-11-15/h1-6,8-11H,7,12-13H2/b17-16-. The lowest BCUT2D eigenvalue weighted by Crippen LogP contribution is -2.33. The van der Waals surface area contributed by atoms with E-state index in [1.807, 2.05) is 42.1 Å². The fraction of sp³-hybridized carbons (Fsp3) is 0.188. The summed E-state index contributed by atoms with van der Waals surface area (Å²) in [6, 6.07) is 20.7. The van der Waals surface area contributed by atoms with Crippen LogP contribution in [-0.2, 0) is 0 Å². The highest BCUT2D eigenvalue weighted by atomic mass is 32.2. The molecule has 1 saturated heterocycles. The van der Waals surface area contributed by atoms with Crippen molar-refractivity contribution in [3.05, 3.63) is 60.7 Å². The first-order chi connectivity index (χ1) is 9.43. The van der Waals surface area contributed by atoms with E-state index >= 15 is 0 Å². The fourth-order valence-electron chi connectivity index (χ4n) is 2.11. The first-order valence-electron chi connectivity index (χ1n) is 6.52. The molecule has 2 nitrogen and oxygen atoms in total. The third kappa shape index (κ3) is 2.99. The number of hydrogen-bond acceptors (Lipinski definition) is 2. The first-order valence-corrected chi connectivity index (χ1v) is 7.51. The van der Waals surface area contributed by atoms with Crippen LogP contribution in [0.4, 0.5) is 11.4 Å². The number of anilines is 1. The van der Waals surface area contributed by atoms with Gasteiger partial charge in [0.05, 0.1) is 5.69 Å². The van der Waals surface area contributed by atoms with Gasteiger partial charge in [-0.05, 0) is 30.7 Å². The molecule has 2 aromatic rings. The van der Waals surface area contributed by atoms with Crippen LogP contribution in [0.15, 0.2) is 65.7 Å². The average molecular weight is 268 g/mol. The van der Waals surface area contributed by atoms with Gasteiger partial charge in [-0.2, -0.15) is 0 Å². The largest absolute Gasteiger partial charge is 0.321 e. The van der Waals surface area contributed by atoms with Gasteiger partial charge in [0.2, 0.25) is 0 Å². The minimum Gasteiger partial charge on any atom is -0.321 e. The molecule has 0 saturated carbocycles. The van der Waals surface area contributed by atoms with Crippen LogP contribution in [0.5, 0.6) is 0 Å². The van der Waals surface area contributed by atoms with Crippen LogP contribution in [0, 0.1) is 0 Å². The summed E-state index contributed by atoms with van der Waals surface area (Å²) in [5, 5.41) is 1.10. The molecule has 1 aliphatic rings. The van der Waals surface area contributed by atoms with E-state index in [4.69, 9.17) is 4.99 Å². The monoisotopic (exact) mass is 268 g/mol. The van der Waals surface area contributed by atoms with Crippen LogP contribution in [0.1, 0.15) is 6.42 Å². The molecule has 0 aromatic heterocycles. The lowest BCUT2D eigenvalue weighted by Gasteiger charge is -2.29. The van der Waals surface area contributed by atoms with Gasteiger partial charge in [0.1, 0.15) is 0 Å². The van der Waals surface area contributed by atoms with Crippen molar-refractivity contribution >= 4 is 28.3 Å². The second kappa shape index (κ2) is 5.93. The minimum absolute atomic E-state index is 1.02. The zero-order valence-electron chi connectivity index (χ0n) is 10.7. The normalized spacial score (nSPS) is 17.7. The maximum absolute atomic E-state index is 4.78. The highest BCUT2D eigenvalue weighted by Gasteiger charge is 2.18. The molecule has 0 radical (unpaired) electrons. The van der Waals surface area contributed by atoms with Crippen LogP contribution in [0.25, 0.3) is 0 Å². The molecule has 0 unspecified atom stereocenters. The lowest BCUT2D eigenvalue weighted by molar-refractivity contribution is 0.906. The number of amidine groups is 1. The third-order valence-corrected chi connectivity index (χ3v) is 4.10. The average Bonchev–Trinajstić information content (AvgIpc) is 2.50. The Morgan fingerprint density at radius 2 is 1.58 bits per heavy atom. The maximum Gasteiger partial charge on any atom is 0.168 e. The zero-order chi connectivity index (χ0) is 12.9. The van der Waals surface area contributed by atoms with Gasteiger partial charge in [-0.3, -0.25) is 0 Å².